The van der Waals surface area contributed by atoms with Gasteiger partial charge in [-0.15, -0.1) is 10.2 Å². The summed E-state index contributed by atoms with van der Waals surface area (Å²) in [5.41, 5.74) is 0.661. The monoisotopic (exact) mass is 342 g/mol. The zero-order valence-corrected chi connectivity index (χ0v) is 14.4. The van der Waals surface area contributed by atoms with E-state index in [9.17, 15) is 4.79 Å². The normalized spacial score (nSPS) is 19.7. The van der Waals surface area contributed by atoms with E-state index in [4.69, 9.17) is 9.47 Å². The molecule has 7 nitrogen and oxygen atoms in total. The van der Waals surface area contributed by atoms with Crippen molar-refractivity contribution in [3.05, 3.63) is 41.5 Å². The van der Waals surface area contributed by atoms with Gasteiger partial charge in [0.2, 0.25) is 0 Å². The zero-order chi connectivity index (χ0) is 17.2. The molecule has 0 radical (unpaired) electrons. The minimum absolute atomic E-state index is 0.0116. The number of aryl methyl sites for hydroxylation is 1. The molecular formula is C18H22N4O3. The summed E-state index contributed by atoms with van der Waals surface area (Å²) < 4.78 is 13.4. The largest absolute Gasteiger partial charge is 0.491 e. The van der Waals surface area contributed by atoms with Crippen LogP contribution in [0.5, 0.6) is 5.75 Å². The minimum atomic E-state index is 0.0116. The maximum atomic E-state index is 12.7. The second-order valence-electron chi connectivity index (χ2n) is 6.51. The van der Waals surface area contributed by atoms with E-state index in [0.717, 1.165) is 43.4 Å². The van der Waals surface area contributed by atoms with E-state index in [0.29, 0.717) is 25.3 Å². The molecule has 0 saturated carbocycles. The van der Waals surface area contributed by atoms with Gasteiger partial charge >= 0.3 is 0 Å². The second-order valence-corrected chi connectivity index (χ2v) is 6.51. The summed E-state index contributed by atoms with van der Waals surface area (Å²) in [4.78, 5) is 14.5. The average molecular weight is 342 g/mol. The van der Waals surface area contributed by atoms with Crippen molar-refractivity contribution >= 4 is 5.91 Å². The maximum Gasteiger partial charge on any atom is 0.254 e. The summed E-state index contributed by atoms with van der Waals surface area (Å²) in [6.45, 7) is 5.23. The van der Waals surface area contributed by atoms with Gasteiger partial charge in [0.25, 0.3) is 5.91 Å². The van der Waals surface area contributed by atoms with Crippen LogP contribution < -0.4 is 4.74 Å². The molecule has 0 aliphatic carbocycles. The molecule has 132 valence electrons. The zero-order valence-electron chi connectivity index (χ0n) is 14.4. The van der Waals surface area contributed by atoms with Crippen LogP contribution in [0.2, 0.25) is 0 Å². The molecule has 1 saturated heterocycles. The average Bonchev–Trinajstić information content (AvgIpc) is 3.30. The number of amides is 1. The van der Waals surface area contributed by atoms with Gasteiger partial charge < -0.3 is 18.9 Å². The molecule has 2 aliphatic rings. The molecule has 4 rings (SSSR count). The van der Waals surface area contributed by atoms with Crippen molar-refractivity contribution in [3.8, 4) is 5.75 Å². The van der Waals surface area contributed by atoms with Gasteiger partial charge in [0, 0.05) is 25.3 Å². The summed E-state index contributed by atoms with van der Waals surface area (Å²) in [6, 6.07) is 7.33. The van der Waals surface area contributed by atoms with Crippen molar-refractivity contribution in [1.82, 2.24) is 19.7 Å². The molecule has 0 bridgehead atoms. The number of rotatable bonds is 4. The topological polar surface area (TPSA) is 69.5 Å². The Balaban J connectivity index is 1.37. The van der Waals surface area contributed by atoms with Crippen molar-refractivity contribution in [1.29, 1.82) is 0 Å². The third-order valence-electron chi connectivity index (χ3n) is 4.79. The molecule has 1 fully saturated rings. The lowest BCUT2D eigenvalue weighted by molar-refractivity contribution is 0.0677. The molecule has 1 aromatic heterocycles. The van der Waals surface area contributed by atoms with E-state index in [2.05, 4.69) is 14.8 Å². The van der Waals surface area contributed by atoms with E-state index in [1.807, 2.05) is 36.1 Å². The predicted molar refractivity (Wildman–Crippen MR) is 90.4 cm³/mol. The summed E-state index contributed by atoms with van der Waals surface area (Å²) in [7, 11) is 0. The van der Waals surface area contributed by atoms with E-state index >= 15 is 0 Å². The molecule has 1 amide bonds. The molecule has 25 heavy (non-hydrogen) atoms. The summed E-state index contributed by atoms with van der Waals surface area (Å²) in [6.07, 6.45) is 2.34. The Morgan fingerprint density at radius 3 is 2.88 bits per heavy atom. The van der Waals surface area contributed by atoms with Gasteiger partial charge in [0.1, 0.15) is 18.2 Å². The molecule has 2 aliphatic heterocycles. The Kier molecular flexibility index (Phi) is 4.40. The lowest BCUT2D eigenvalue weighted by Crippen LogP contribution is -2.38. The van der Waals surface area contributed by atoms with Gasteiger partial charge in [-0.2, -0.15) is 0 Å². The fourth-order valence-electron chi connectivity index (χ4n) is 3.32. The molecule has 7 heteroatoms. The number of benzene rings is 1. The molecule has 1 atom stereocenters. The van der Waals surface area contributed by atoms with Gasteiger partial charge in [-0.3, -0.25) is 4.79 Å². The smallest absolute Gasteiger partial charge is 0.254 e. The molecule has 0 N–H and O–H groups in total. The van der Waals surface area contributed by atoms with E-state index < -0.39 is 0 Å². The summed E-state index contributed by atoms with van der Waals surface area (Å²) in [5, 5.41) is 8.22. The maximum absolute atomic E-state index is 12.7. The second kappa shape index (κ2) is 6.84. The highest BCUT2D eigenvalue weighted by Gasteiger charge is 2.24. The molecule has 0 spiro atoms. The number of ether oxygens (including phenoxy) is 2. The van der Waals surface area contributed by atoms with Crippen molar-refractivity contribution in [2.45, 2.75) is 39.0 Å². The van der Waals surface area contributed by atoms with E-state index in [-0.39, 0.29) is 12.0 Å². The van der Waals surface area contributed by atoms with Crippen LogP contribution in [0.15, 0.2) is 24.3 Å². The van der Waals surface area contributed by atoms with Crippen molar-refractivity contribution in [2.75, 3.05) is 19.8 Å². The van der Waals surface area contributed by atoms with Crippen molar-refractivity contribution in [3.63, 3.8) is 0 Å². The van der Waals surface area contributed by atoms with Crippen molar-refractivity contribution in [2.24, 2.45) is 0 Å². The fraction of sp³-hybridized carbons (Fsp3) is 0.500. The number of fused-ring (bicyclic) bond motifs is 1. The van der Waals surface area contributed by atoms with Crippen LogP contribution in [-0.4, -0.2) is 51.4 Å². The van der Waals surface area contributed by atoms with Gasteiger partial charge in [0.15, 0.2) is 5.82 Å². The third-order valence-corrected chi connectivity index (χ3v) is 4.79. The Hall–Kier alpha value is -2.41. The SMILES string of the molecule is Cc1nnc2n1CCN(C(=O)c1ccc(OC[C@H]3CCCO3)cc1)C2. The number of carbonyl (C=O) groups excluding carboxylic acids is 1. The summed E-state index contributed by atoms with van der Waals surface area (Å²) in [5.74, 6) is 2.52. The third kappa shape index (κ3) is 3.37. The van der Waals surface area contributed by atoms with Crippen LogP contribution in [0.3, 0.4) is 0 Å². The number of nitrogens with zero attached hydrogens (tertiary/aromatic N) is 4. The predicted octanol–water partition coefficient (Wildman–Crippen LogP) is 1.80. The highest BCUT2D eigenvalue weighted by molar-refractivity contribution is 5.94. The lowest BCUT2D eigenvalue weighted by Gasteiger charge is -2.27. The minimum Gasteiger partial charge on any atom is -0.491 e. The van der Waals surface area contributed by atoms with Crippen LogP contribution in [-0.2, 0) is 17.8 Å². The highest BCUT2D eigenvalue weighted by atomic mass is 16.5. The number of hydrogen-bond acceptors (Lipinski definition) is 5. The summed E-state index contributed by atoms with van der Waals surface area (Å²) >= 11 is 0. The molecule has 1 aromatic carbocycles. The first-order valence-electron chi connectivity index (χ1n) is 8.73. The molecule has 2 aromatic rings. The van der Waals surface area contributed by atoms with Crippen LogP contribution in [0.25, 0.3) is 0 Å². The molecule has 3 heterocycles. The number of carbonyl (C=O) groups is 1. The first-order chi connectivity index (χ1) is 12.2. The van der Waals surface area contributed by atoms with Crippen molar-refractivity contribution < 1.29 is 14.3 Å². The van der Waals surface area contributed by atoms with Gasteiger partial charge in [-0.25, -0.2) is 0 Å². The molecule has 0 unspecified atom stereocenters. The van der Waals surface area contributed by atoms with Crippen LogP contribution in [0, 0.1) is 6.92 Å². The Morgan fingerprint density at radius 2 is 2.12 bits per heavy atom. The first kappa shape index (κ1) is 16.1. The number of aromatic nitrogens is 3. The van der Waals surface area contributed by atoms with Crippen LogP contribution >= 0.6 is 0 Å². The van der Waals surface area contributed by atoms with Gasteiger partial charge in [-0.05, 0) is 44.0 Å². The Labute approximate surface area is 146 Å². The lowest BCUT2D eigenvalue weighted by atomic mass is 10.1. The Bertz CT molecular complexity index is 750. The van der Waals surface area contributed by atoms with Crippen LogP contribution in [0.1, 0.15) is 34.8 Å². The Morgan fingerprint density at radius 1 is 1.28 bits per heavy atom. The quantitative estimate of drug-likeness (QED) is 0.847. The standard InChI is InChI=1S/C18H22N4O3/c1-13-19-20-17-11-21(8-9-22(13)17)18(23)14-4-6-15(7-5-14)25-12-16-3-2-10-24-16/h4-7,16H,2-3,8-12H2,1H3/t16-/m1/s1. The molecular weight excluding hydrogens is 320 g/mol. The van der Waals surface area contributed by atoms with E-state index in [1.54, 1.807) is 0 Å². The fourth-order valence-corrected chi connectivity index (χ4v) is 3.32. The van der Waals surface area contributed by atoms with Gasteiger partial charge in [-0.1, -0.05) is 0 Å². The van der Waals surface area contributed by atoms with Crippen LogP contribution in [0.4, 0.5) is 0 Å². The van der Waals surface area contributed by atoms with Gasteiger partial charge in [0.05, 0.1) is 12.6 Å². The van der Waals surface area contributed by atoms with E-state index in [1.165, 1.54) is 0 Å². The first-order valence-corrected chi connectivity index (χ1v) is 8.73. The number of hydrogen-bond donors (Lipinski definition) is 0. The highest BCUT2D eigenvalue weighted by Crippen LogP contribution is 2.19.